The van der Waals surface area contributed by atoms with Crippen molar-refractivity contribution in [3.05, 3.63) is 24.0 Å². The number of nitrogens with zero attached hydrogens (tertiary/aromatic N) is 5. The van der Waals surface area contributed by atoms with Gasteiger partial charge in [-0.05, 0) is 25.2 Å². The number of cyclic esters (lactones) is 1. The van der Waals surface area contributed by atoms with E-state index >= 15 is 0 Å². The van der Waals surface area contributed by atoms with Gasteiger partial charge in [-0.1, -0.05) is 11.8 Å². The van der Waals surface area contributed by atoms with Crippen LogP contribution in [0.1, 0.15) is 0 Å². The maximum Gasteiger partial charge on any atom is 0.414 e. The number of thioether (sulfide) groups is 1. The molecule has 29 heavy (non-hydrogen) atoms. The van der Waals surface area contributed by atoms with Crippen molar-refractivity contribution in [2.24, 2.45) is 10.2 Å². The van der Waals surface area contributed by atoms with Gasteiger partial charge in [0.25, 0.3) is 5.91 Å². The van der Waals surface area contributed by atoms with Crippen LogP contribution in [0.3, 0.4) is 0 Å². The fourth-order valence-corrected chi connectivity index (χ4v) is 3.89. The molecule has 2 amide bonds. The van der Waals surface area contributed by atoms with E-state index in [2.05, 4.69) is 20.9 Å². The molecule has 12 heteroatoms. The molecular formula is C17H20FN7O3S. The van der Waals surface area contributed by atoms with Crippen molar-refractivity contribution in [3.8, 4) is 0 Å². The number of likely N-dealkylation sites (N-methyl/N-ethyl adjacent to an activating group) is 1. The second-order valence-corrected chi connectivity index (χ2v) is 7.52. The first-order valence-corrected chi connectivity index (χ1v) is 10.0. The summed E-state index contributed by atoms with van der Waals surface area (Å²) in [6.45, 7) is 1.89. The molecule has 154 valence electrons. The molecule has 10 nitrogen and oxygen atoms in total. The van der Waals surface area contributed by atoms with E-state index < -0.39 is 11.9 Å². The van der Waals surface area contributed by atoms with Crippen molar-refractivity contribution in [3.63, 3.8) is 0 Å². The van der Waals surface area contributed by atoms with Crippen molar-refractivity contribution >= 4 is 46.6 Å². The molecule has 0 radical (unpaired) electrons. The fourth-order valence-electron chi connectivity index (χ4n) is 3.17. The molecule has 2 N–H and O–H groups in total. The van der Waals surface area contributed by atoms with Crippen LogP contribution in [0.5, 0.6) is 0 Å². The maximum absolute atomic E-state index is 14.8. The number of benzene rings is 1. The molecule has 0 spiro atoms. The Morgan fingerprint density at radius 3 is 2.90 bits per heavy atom. The SMILES string of the molecule is CNCC1CN(c2ccc(N3C=NN(C4=NNC(=O)CS4)CC3)c(F)c2)C(=O)O1. The Bertz CT molecular complexity index is 881. The number of rotatable bonds is 4. The van der Waals surface area contributed by atoms with Gasteiger partial charge in [-0.3, -0.25) is 9.69 Å². The van der Waals surface area contributed by atoms with Gasteiger partial charge in [0, 0.05) is 13.1 Å². The Morgan fingerprint density at radius 1 is 1.38 bits per heavy atom. The minimum absolute atomic E-state index is 0.150. The van der Waals surface area contributed by atoms with Gasteiger partial charge >= 0.3 is 6.09 Å². The van der Waals surface area contributed by atoms with Gasteiger partial charge in [0.2, 0.25) is 5.17 Å². The van der Waals surface area contributed by atoms with Crippen molar-refractivity contribution in [1.29, 1.82) is 0 Å². The molecule has 0 aliphatic carbocycles. The third kappa shape index (κ3) is 4.12. The van der Waals surface area contributed by atoms with Crippen molar-refractivity contribution in [1.82, 2.24) is 15.8 Å². The average molecular weight is 421 g/mol. The summed E-state index contributed by atoms with van der Waals surface area (Å²) in [6, 6.07) is 4.64. The molecule has 1 atom stereocenters. The number of amidine groups is 1. The lowest BCUT2D eigenvalue weighted by atomic mass is 10.2. The quantitative estimate of drug-likeness (QED) is 0.733. The van der Waals surface area contributed by atoms with E-state index in [0.29, 0.717) is 48.5 Å². The number of carbonyl (C=O) groups excluding carboxylic acids is 2. The van der Waals surface area contributed by atoms with Crippen LogP contribution in [-0.4, -0.2) is 73.6 Å². The topological polar surface area (TPSA) is 102 Å². The summed E-state index contributed by atoms with van der Waals surface area (Å²) in [5.41, 5.74) is 3.24. The van der Waals surface area contributed by atoms with E-state index in [1.807, 2.05) is 0 Å². The standard InChI is InChI=1S/C17H20FN7O3S/c1-19-7-12-8-24(17(27)28-12)11-2-3-14(13(18)6-11)23-4-5-25(20-10-23)16-22-21-15(26)9-29-16/h2-3,6,10,12,19H,4-5,7-9H2,1H3,(H,21,26). The summed E-state index contributed by atoms with van der Waals surface area (Å²) >= 11 is 1.30. The highest BCUT2D eigenvalue weighted by molar-refractivity contribution is 8.14. The molecule has 1 fully saturated rings. The van der Waals surface area contributed by atoms with E-state index in [9.17, 15) is 14.0 Å². The van der Waals surface area contributed by atoms with Gasteiger partial charge in [0.05, 0.1) is 30.2 Å². The highest BCUT2D eigenvalue weighted by Gasteiger charge is 2.32. The predicted molar refractivity (Wildman–Crippen MR) is 109 cm³/mol. The van der Waals surface area contributed by atoms with Crippen LogP contribution >= 0.6 is 11.8 Å². The first-order valence-electron chi connectivity index (χ1n) is 9.05. The van der Waals surface area contributed by atoms with E-state index in [1.165, 1.54) is 29.1 Å². The van der Waals surface area contributed by atoms with E-state index in [4.69, 9.17) is 4.74 Å². The zero-order chi connectivity index (χ0) is 20.4. The zero-order valence-corrected chi connectivity index (χ0v) is 16.5. The molecule has 1 saturated heterocycles. The van der Waals surface area contributed by atoms with Crippen LogP contribution in [-0.2, 0) is 9.53 Å². The van der Waals surface area contributed by atoms with Gasteiger partial charge in [-0.2, -0.15) is 5.10 Å². The van der Waals surface area contributed by atoms with Crippen LogP contribution in [0.15, 0.2) is 28.4 Å². The molecule has 3 aliphatic rings. The molecule has 0 bridgehead atoms. The maximum atomic E-state index is 14.8. The Balaban J connectivity index is 1.44. The molecule has 0 aromatic heterocycles. The van der Waals surface area contributed by atoms with E-state index in [0.717, 1.165) is 0 Å². The highest BCUT2D eigenvalue weighted by Crippen LogP contribution is 2.28. The minimum Gasteiger partial charge on any atom is -0.443 e. The van der Waals surface area contributed by atoms with Gasteiger partial charge in [-0.15, -0.1) is 5.10 Å². The van der Waals surface area contributed by atoms with Gasteiger partial charge in [-0.25, -0.2) is 19.6 Å². The minimum atomic E-state index is -0.481. The first kappa shape index (κ1) is 19.5. The molecule has 3 heterocycles. The molecule has 1 aromatic rings. The summed E-state index contributed by atoms with van der Waals surface area (Å²) in [6.07, 6.45) is 0.778. The molecule has 1 aromatic carbocycles. The smallest absolute Gasteiger partial charge is 0.414 e. The number of halogens is 1. The molecule has 4 rings (SSSR count). The van der Waals surface area contributed by atoms with Gasteiger partial charge in [0.1, 0.15) is 18.3 Å². The van der Waals surface area contributed by atoms with Gasteiger partial charge < -0.3 is 15.0 Å². The lowest BCUT2D eigenvalue weighted by Crippen LogP contribution is -2.42. The van der Waals surface area contributed by atoms with Crippen LogP contribution < -0.4 is 20.5 Å². The summed E-state index contributed by atoms with van der Waals surface area (Å²) in [4.78, 5) is 26.3. The normalized spacial score (nSPS) is 21.9. The Kier molecular flexibility index (Phi) is 5.53. The second kappa shape index (κ2) is 8.25. The number of anilines is 2. The van der Waals surface area contributed by atoms with Crippen molar-refractivity contribution < 1.29 is 18.7 Å². The third-order valence-electron chi connectivity index (χ3n) is 4.57. The Morgan fingerprint density at radius 2 is 2.24 bits per heavy atom. The number of hydrogen-bond donors (Lipinski definition) is 2. The van der Waals surface area contributed by atoms with E-state index in [1.54, 1.807) is 29.1 Å². The lowest BCUT2D eigenvalue weighted by molar-refractivity contribution is -0.118. The summed E-state index contributed by atoms with van der Waals surface area (Å²) in [5, 5.41) is 13.5. The number of amides is 2. The van der Waals surface area contributed by atoms with Crippen LogP contribution in [0.4, 0.5) is 20.6 Å². The largest absolute Gasteiger partial charge is 0.443 e. The molecule has 1 unspecified atom stereocenters. The number of hydrazone groups is 2. The average Bonchev–Trinajstić information content (AvgIpc) is 3.09. The van der Waals surface area contributed by atoms with E-state index in [-0.39, 0.29) is 12.0 Å². The number of carbonyl (C=O) groups is 2. The fraction of sp³-hybridized carbons (Fsp3) is 0.412. The molecular weight excluding hydrogens is 401 g/mol. The van der Waals surface area contributed by atoms with Crippen LogP contribution in [0, 0.1) is 5.82 Å². The van der Waals surface area contributed by atoms with Crippen molar-refractivity contribution in [2.75, 3.05) is 48.8 Å². The highest BCUT2D eigenvalue weighted by atomic mass is 32.2. The van der Waals surface area contributed by atoms with Gasteiger partial charge in [0.15, 0.2) is 0 Å². The molecule has 0 saturated carbocycles. The number of nitrogens with one attached hydrogen (secondary N) is 2. The zero-order valence-electron chi connectivity index (χ0n) is 15.7. The Labute approximate surface area is 170 Å². The number of hydrogen-bond acceptors (Lipinski definition) is 9. The third-order valence-corrected chi connectivity index (χ3v) is 5.54. The second-order valence-electron chi connectivity index (χ2n) is 6.58. The van der Waals surface area contributed by atoms with Crippen molar-refractivity contribution in [2.45, 2.75) is 6.10 Å². The van der Waals surface area contributed by atoms with Crippen LogP contribution in [0.25, 0.3) is 0 Å². The summed E-state index contributed by atoms with van der Waals surface area (Å²) < 4.78 is 20.0. The monoisotopic (exact) mass is 421 g/mol. The first-order chi connectivity index (χ1) is 14.0. The predicted octanol–water partition coefficient (Wildman–Crippen LogP) is 0.570. The summed E-state index contributed by atoms with van der Waals surface area (Å²) in [7, 11) is 1.78. The van der Waals surface area contributed by atoms with Crippen LogP contribution in [0.2, 0.25) is 0 Å². The number of ether oxygens (including phenoxy) is 1. The Hall–Kier alpha value is -2.86. The lowest BCUT2D eigenvalue weighted by Gasteiger charge is -2.31. The molecule has 3 aliphatic heterocycles. The summed E-state index contributed by atoms with van der Waals surface area (Å²) in [5.74, 6) is -0.315.